The lowest BCUT2D eigenvalue weighted by atomic mass is 9.96. The minimum atomic E-state index is -0.592. The van der Waals surface area contributed by atoms with Crippen molar-refractivity contribution >= 4 is 17.7 Å². The zero-order valence-corrected chi connectivity index (χ0v) is 12.9. The van der Waals surface area contributed by atoms with Gasteiger partial charge in [0.15, 0.2) is 5.16 Å². The van der Waals surface area contributed by atoms with Gasteiger partial charge < -0.3 is 14.6 Å². The molecular weight excluding hydrogens is 262 g/mol. The first kappa shape index (κ1) is 16.0. The number of nitrogens with one attached hydrogen (secondary N) is 1. The Labute approximate surface area is 119 Å². The minimum absolute atomic E-state index is 0.198. The van der Waals surface area contributed by atoms with E-state index < -0.39 is 5.54 Å². The first-order valence-electron chi connectivity index (χ1n) is 6.47. The Bertz CT molecular complexity index is 408. The Hall–Kier alpha value is -1.01. The third-order valence-electron chi connectivity index (χ3n) is 3.03. The molecular formula is C13H23N3O2S. The fourth-order valence-electron chi connectivity index (χ4n) is 1.96. The lowest BCUT2D eigenvalue weighted by Gasteiger charge is -2.27. The monoisotopic (exact) mass is 285 g/mol. The number of carbonyl (C=O) groups excluding carboxylic acids is 1. The second kappa shape index (κ2) is 7.55. The zero-order chi connectivity index (χ0) is 14.3. The first-order valence-corrected chi connectivity index (χ1v) is 7.45. The molecule has 1 heterocycles. The lowest BCUT2D eigenvalue weighted by molar-refractivity contribution is -0.148. The second-order valence-electron chi connectivity index (χ2n) is 4.63. The van der Waals surface area contributed by atoms with Crippen LogP contribution in [-0.4, -0.2) is 40.5 Å². The van der Waals surface area contributed by atoms with E-state index in [0.717, 1.165) is 30.3 Å². The van der Waals surface area contributed by atoms with Gasteiger partial charge in [0, 0.05) is 25.2 Å². The van der Waals surface area contributed by atoms with Gasteiger partial charge in [-0.2, -0.15) is 0 Å². The number of methoxy groups -OCH3 is 1. The van der Waals surface area contributed by atoms with Crippen LogP contribution in [0.1, 0.15) is 26.7 Å². The molecule has 0 aliphatic rings. The van der Waals surface area contributed by atoms with E-state index in [1.807, 2.05) is 31.7 Å². The quantitative estimate of drug-likeness (QED) is 0.449. The van der Waals surface area contributed by atoms with Crippen LogP contribution in [0.2, 0.25) is 0 Å². The highest BCUT2D eigenvalue weighted by Gasteiger charge is 2.32. The molecule has 1 atom stereocenters. The smallest absolute Gasteiger partial charge is 0.325 e. The van der Waals surface area contributed by atoms with Crippen molar-refractivity contribution in [2.75, 3.05) is 19.4 Å². The van der Waals surface area contributed by atoms with Crippen LogP contribution in [0.3, 0.4) is 0 Å². The summed E-state index contributed by atoms with van der Waals surface area (Å²) in [6.45, 7) is 4.63. The summed E-state index contributed by atoms with van der Waals surface area (Å²) >= 11 is 1.70. The molecule has 5 nitrogen and oxygen atoms in total. The highest BCUT2D eigenvalue weighted by atomic mass is 32.2. The van der Waals surface area contributed by atoms with E-state index in [9.17, 15) is 4.79 Å². The van der Waals surface area contributed by atoms with E-state index in [0.29, 0.717) is 0 Å². The minimum Gasteiger partial charge on any atom is -0.468 e. The molecule has 1 rings (SSSR count). The molecule has 108 valence electrons. The van der Waals surface area contributed by atoms with E-state index >= 15 is 0 Å². The molecule has 0 bridgehead atoms. The molecule has 0 amide bonds. The van der Waals surface area contributed by atoms with Crippen LogP contribution in [0.15, 0.2) is 17.6 Å². The SMILES string of the molecule is CCNC(C)(CCCSc1nccn1C)C(=O)OC. The number of hydrogen-bond acceptors (Lipinski definition) is 5. The van der Waals surface area contributed by atoms with Crippen molar-refractivity contribution in [3.05, 3.63) is 12.4 Å². The van der Waals surface area contributed by atoms with E-state index in [4.69, 9.17) is 4.74 Å². The third kappa shape index (κ3) is 4.54. The molecule has 1 unspecified atom stereocenters. The van der Waals surface area contributed by atoms with Crippen molar-refractivity contribution in [1.82, 2.24) is 14.9 Å². The van der Waals surface area contributed by atoms with Gasteiger partial charge in [0.25, 0.3) is 0 Å². The van der Waals surface area contributed by atoms with Crippen molar-refractivity contribution in [2.45, 2.75) is 37.4 Å². The largest absolute Gasteiger partial charge is 0.468 e. The van der Waals surface area contributed by atoms with Crippen LogP contribution < -0.4 is 5.32 Å². The van der Waals surface area contributed by atoms with Crippen LogP contribution >= 0.6 is 11.8 Å². The third-order valence-corrected chi connectivity index (χ3v) is 4.18. The van der Waals surface area contributed by atoms with Crippen LogP contribution in [0.5, 0.6) is 0 Å². The van der Waals surface area contributed by atoms with Gasteiger partial charge in [-0.3, -0.25) is 4.79 Å². The summed E-state index contributed by atoms with van der Waals surface area (Å²) in [5.41, 5.74) is -0.592. The first-order chi connectivity index (χ1) is 9.03. The van der Waals surface area contributed by atoms with Gasteiger partial charge in [-0.1, -0.05) is 18.7 Å². The topological polar surface area (TPSA) is 56.2 Å². The maximum atomic E-state index is 11.8. The molecule has 0 saturated carbocycles. The fraction of sp³-hybridized carbons (Fsp3) is 0.692. The van der Waals surface area contributed by atoms with Crippen molar-refractivity contribution in [3.8, 4) is 0 Å². The van der Waals surface area contributed by atoms with Gasteiger partial charge in [-0.15, -0.1) is 0 Å². The summed E-state index contributed by atoms with van der Waals surface area (Å²) in [4.78, 5) is 16.0. The summed E-state index contributed by atoms with van der Waals surface area (Å²) < 4.78 is 6.86. The maximum Gasteiger partial charge on any atom is 0.325 e. The van der Waals surface area contributed by atoms with E-state index in [1.54, 1.807) is 18.0 Å². The molecule has 0 aromatic carbocycles. The van der Waals surface area contributed by atoms with Crippen molar-refractivity contribution in [3.63, 3.8) is 0 Å². The summed E-state index contributed by atoms with van der Waals surface area (Å²) in [6.07, 6.45) is 5.40. The number of imidazole rings is 1. The number of likely N-dealkylation sites (N-methyl/N-ethyl adjacent to an activating group) is 1. The van der Waals surface area contributed by atoms with Gasteiger partial charge in [-0.05, 0) is 26.3 Å². The molecule has 19 heavy (non-hydrogen) atoms. The number of rotatable bonds is 8. The van der Waals surface area contributed by atoms with E-state index in [1.165, 1.54) is 7.11 Å². The number of esters is 1. The van der Waals surface area contributed by atoms with Gasteiger partial charge in [-0.25, -0.2) is 4.98 Å². The predicted octanol–water partition coefficient (Wildman–Crippen LogP) is 1.83. The fourth-order valence-corrected chi connectivity index (χ4v) is 2.83. The van der Waals surface area contributed by atoms with Gasteiger partial charge in [0.1, 0.15) is 5.54 Å². The van der Waals surface area contributed by atoms with Gasteiger partial charge in [0.05, 0.1) is 7.11 Å². The highest BCUT2D eigenvalue weighted by Crippen LogP contribution is 2.20. The molecule has 0 radical (unpaired) electrons. The molecule has 1 N–H and O–H groups in total. The number of aromatic nitrogens is 2. The Morgan fingerprint density at radius 1 is 1.63 bits per heavy atom. The van der Waals surface area contributed by atoms with Crippen LogP contribution in [0, 0.1) is 0 Å². The summed E-state index contributed by atoms with van der Waals surface area (Å²) in [5, 5.41) is 4.21. The van der Waals surface area contributed by atoms with Crippen molar-refractivity contribution < 1.29 is 9.53 Å². The van der Waals surface area contributed by atoms with Crippen LogP contribution in [0.4, 0.5) is 0 Å². The molecule has 0 aliphatic carbocycles. The van der Waals surface area contributed by atoms with Gasteiger partial charge in [0.2, 0.25) is 0 Å². The number of nitrogens with zero attached hydrogens (tertiary/aromatic N) is 2. The summed E-state index contributed by atoms with van der Waals surface area (Å²) in [5.74, 6) is 0.736. The Kier molecular flexibility index (Phi) is 6.37. The molecule has 1 aromatic rings. The van der Waals surface area contributed by atoms with Crippen LogP contribution in [0.25, 0.3) is 0 Å². The van der Waals surface area contributed by atoms with E-state index in [-0.39, 0.29) is 5.97 Å². The van der Waals surface area contributed by atoms with Crippen molar-refractivity contribution in [2.24, 2.45) is 7.05 Å². The molecule has 0 fully saturated rings. The average molecular weight is 285 g/mol. The normalized spacial score (nSPS) is 14.1. The average Bonchev–Trinajstić information content (AvgIpc) is 2.79. The van der Waals surface area contributed by atoms with Crippen molar-refractivity contribution in [1.29, 1.82) is 0 Å². The Morgan fingerprint density at radius 2 is 2.37 bits per heavy atom. The van der Waals surface area contributed by atoms with Gasteiger partial charge >= 0.3 is 5.97 Å². The molecule has 1 aromatic heterocycles. The summed E-state index contributed by atoms with van der Waals surface area (Å²) in [7, 11) is 3.41. The molecule has 0 spiro atoms. The lowest BCUT2D eigenvalue weighted by Crippen LogP contribution is -2.50. The molecule has 0 saturated heterocycles. The number of ether oxygens (including phenoxy) is 1. The number of aryl methyl sites for hydroxylation is 1. The van der Waals surface area contributed by atoms with Crippen LogP contribution in [-0.2, 0) is 16.6 Å². The summed E-state index contributed by atoms with van der Waals surface area (Å²) in [6, 6.07) is 0. The number of hydrogen-bond donors (Lipinski definition) is 1. The zero-order valence-electron chi connectivity index (χ0n) is 12.1. The maximum absolute atomic E-state index is 11.8. The second-order valence-corrected chi connectivity index (χ2v) is 5.69. The number of carbonyl (C=O) groups is 1. The Morgan fingerprint density at radius 3 is 2.89 bits per heavy atom. The molecule has 0 aliphatic heterocycles. The highest BCUT2D eigenvalue weighted by molar-refractivity contribution is 7.99. The van der Waals surface area contributed by atoms with E-state index in [2.05, 4.69) is 10.3 Å². The predicted molar refractivity (Wildman–Crippen MR) is 77.3 cm³/mol. The standard InChI is InChI=1S/C13H23N3O2S/c1-5-15-13(2,11(17)18-4)7-6-10-19-12-14-8-9-16(12)3/h8-9,15H,5-7,10H2,1-4H3. The molecule has 6 heteroatoms. The Balaban J connectivity index is 2.40. The number of thioether (sulfide) groups is 1.